The van der Waals surface area contributed by atoms with Crippen LogP contribution in [-0.2, 0) is 15.9 Å². The quantitative estimate of drug-likeness (QED) is 0.652. The van der Waals surface area contributed by atoms with Gasteiger partial charge >= 0.3 is 6.18 Å². The van der Waals surface area contributed by atoms with Crippen molar-refractivity contribution in [2.24, 2.45) is 5.92 Å². The van der Waals surface area contributed by atoms with E-state index < -0.39 is 24.1 Å². The topological polar surface area (TPSA) is 49.2 Å². The van der Waals surface area contributed by atoms with E-state index in [-0.39, 0.29) is 31.0 Å². The van der Waals surface area contributed by atoms with Gasteiger partial charge in [0, 0.05) is 12.3 Å². The fourth-order valence-corrected chi connectivity index (χ4v) is 4.81. The largest absolute Gasteiger partial charge is 0.391 e. The first-order valence-corrected chi connectivity index (χ1v) is 9.91. The summed E-state index contributed by atoms with van der Waals surface area (Å²) in [6.07, 6.45) is -4.80. The molecule has 5 nitrogen and oxygen atoms in total. The molecule has 1 aromatic heterocycles. The fourth-order valence-electron chi connectivity index (χ4n) is 4.81. The number of nitrogens with zero attached hydrogens (tertiary/aromatic N) is 3. The Morgan fingerprint density at radius 2 is 1.62 bits per heavy atom. The van der Waals surface area contributed by atoms with Gasteiger partial charge in [0.1, 0.15) is 5.82 Å². The minimum atomic E-state index is -4.17. The number of para-hydroxylation sites is 1. The molecular weight excluding hydrogens is 390 g/mol. The Labute approximate surface area is 165 Å². The monoisotopic (exact) mass is 411 g/mol. The minimum absolute atomic E-state index is 0.0488. The molecule has 1 aromatic carbocycles. The number of benzene rings is 1. The van der Waals surface area contributed by atoms with E-state index in [4.69, 9.17) is 9.47 Å². The molecule has 0 N–H and O–H groups in total. The van der Waals surface area contributed by atoms with Crippen molar-refractivity contribution < 1.29 is 27.0 Å². The molecule has 1 spiro atoms. The fraction of sp³-hybridized carbons (Fsp3) is 0.600. The summed E-state index contributed by atoms with van der Waals surface area (Å²) in [6, 6.07) is 7.44. The zero-order chi connectivity index (χ0) is 20.2. The third-order valence-electron chi connectivity index (χ3n) is 6.33. The number of halogens is 4. The van der Waals surface area contributed by atoms with Crippen LogP contribution in [0.2, 0.25) is 0 Å². The van der Waals surface area contributed by atoms with Gasteiger partial charge in [0.2, 0.25) is 12.0 Å². The van der Waals surface area contributed by atoms with Gasteiger partial charge in [-0.1, -0.05) is 18.2 Å². The molecule has 0 bridgehead atoms. The zero-order valence-electron chi connectivity index (χ0n) is 15.7. The maximum Gasteiger partial charge on any atom is 0.391 e. The van der Waals surface area contributed by atoms with Crippen molar-refractivity contribution in [1.29, 1.82) is 0 Å². The molecule has 29 heavy (non-hydrogen) atoms. The average Bonchev–Trinajstić information content (AvgIpc) is 3.33. The highest BCUT2D eigenvalue weighted by Gasteiger charge is 2.51. The van der Waals surface area contributed by atoms with E-state index >= 15 is 4.39 Å². The SMILES string of the molecule is FC1c2nnc([C@H]3CC[C@H](C(F)(F)F)CC3)n2-c2ccccc2CC12OCCO2. The van der Waals surface area contributed by atoms with Crippen molar-refractivity contribution in [3.8, 4) is 5.69 Å². The molecule has 3 aliphatic rings. The summed E-state index contributed by atoms with van der Waals surface area (Å²) in [4.78, 5) is 0. The van der Waals surface area contributed by atoms with E-state index in [9.17, 15) is 13.2 Å². The summed E-state index contributed by atoms with van der Waals surface area (Å²) in [6.45, 7) is 0.593. The van der Waals surface area contributed by atoms with Crippen LogP contribution in [0.1, 0.15) is 55.0 Å². The molecule has 2 fully saturated rings. The van der Waals surface area contributed by atoms with E-state index in [1.54, 1.807) is 4.57 Å². The van der Waals surface area contributed by atoms with Crippen LogP contribution < -0.4 is 0 Å². The Balaban J connectivity index is 1.55. The van der Waals surface area contributed by atoms with E-state index in [1.165, 1.54) is 0 Å². The second kappa shape index (κ2) is 6.77. The van der Waals surface area contributed by atoms with Crippen molar-refractivity contribution in [3.63, 3.8) is 0 Å². The van der Waals surface area contributed by atoms with Crippen LogP contribution in [0.25, 0.3) is 5.69 Å². The average molecular weight is 411 g/mol. The molecule has 2 aliphatic heterocycles. The third-order valence-corrected chi connectivity index (χ3v) is 6.33. The van der Waals surface area contributed by atoms with E-state index in [2.05, 4.69) is 10.2 Å². The maximum absolute atomic E-state index is 15.6. The number of fused-ring (bicyclic) bond motifs is 3. The second-order valence-corrected chi connectivity index (χ2v) is 8.02. The van der Waals surface area contributed by atoms with Crippen LogP contribution in [0.15, 0.2) is 24.3 Å². The Kier molecular flexibility index (Phi) is 4.43. The Morgan fingerprint density at radius 1 is 0.966 bits per heavy atom. The van der Waals surface area contributed by atoms with Gasteiger partial charge in [0.15, 0.2) is 5.82 Å². The molecule has 1 saturated heterocycles. The number of rotatable bonds is 1. The highest BCUT2D eigenvalue weighted by molar-refractivity contribution is 5.46. The van der Waals surface area contributed by atoms with Gasteiger partial charge in [0.25, 0.3) is 0 Å². The van der Waals surface area contributed by atoms with Gasteiger partial charge in [-0.2, -0.15) is 13.2 Å². The first-order valence-electron chi connectivity index (χ1n) is 9.91. The molecule has 1 aliphatic carbocycles. The molecule has 1 unspecified atom stereocenters. The number of ether oxygens (including phenoxy) is 2. The highest BCUT2D eigenvalue weighted by atomic mass is 19.4. The van der Waals surface area contributed by atoms with Crippen LogP contribution in [0.3, 0.4) is 0 Å². The van der Waals surface area contributed by atoms with Gasteiger partial charge in [0.05, 0.1) is 24.8 Å². The third kappa shape index (κ3) is 3.06. The molecule has 0 amide bonds. The summed E-state index contributed by atoms with van der Waals surface area (Å²) >= 11 is 0. The summed E-state index contributed by atoms with van der Waals surface area (Å²) in [7, 11) is 0. The molecule has 5 rings (SSSR count). The number of alkyl halides is 4. The predicted molar refractivity (Wildman–Crippen MR) is 94.3 cm³/mol. The summed E-state index contributed by atoms with van der Waals surface area (Å²) in [5.41, 5.74) is 1.57. The lowest BCUT2D eigenvalue weighted by Crippen LogP contribution is -2.38. The number of aromatic nitrogens is 3. The van der Waals surface area contributed by atoms with Gasteiger partial charge in [-0.25, -0.2) is 4.39 Å². The first kappa shape index (κ1) is 19.0. The van der Waals surface area contributed by atoms with Crippen molar-refractivity contribution in [2.45, 2.75) is 56.2 Å². The van der Waals surface area contributed by atoms with Gasteiger partial charge < -0.3 is 9.47 Å². The minimum Gasteiger partial charge on any atom is -0.344 e. The standard InChI is InChI=1S/C20H21F4N3O2/c21-16-18-26-25-17(12-5-7-14(8-6-12)20(22,23)24)27(18)15-4-2-1-3-13(15)11-19(16)28-9-10-29-19/h1-4,12,14,16H,5-11H2/t12-,14-,16?. The van der Waals surface area contributed by atoms with E-state index in [0.717, 1.165) is 11.3 Å². The van der Waals surface area contributed by atoms with Crippen LogP contribution in [0, 0.1) is 5.92 Å². The smallest absolute Gasteiger partial charge is 0.344 e. The highest BCUT2D eigenvalue weighted by Crippen LogP contribution is 2.47. The molecule has 156 valence electrons. The Hall–Kier alpha value is -2.00. The summed E-state index contributed by atoms with van der Waals surface area (Å²) in [5, 5.41) is 8.35. The lowest BCUT2D eigenvalue weighted by Gasteiger charge is -2.29. The van der Waals surface area contributed by atoms with Crippen LogP contribution >= 0.6 is 0 Å². The lowest BCUT2D eigenvalue weighted by molar-refractivity contribution is -0.202. The van der Waals surface area contributed by atoms with E-state index in [0.29, 0.717) is 31.9 Å². The Morgan fingerprint density at radius 3 is 2.31 bits per heavy atom. The Bertz CT molecular complexity index is 899. The normalized spacial score (nSPS) is 28.8. The number of hydrogen-bond acceptors (Lipinski definition) is 4. The molecule has 9 heteroatoms. The van der Waals surface area contributed by atoms with Crippen molar-refractivity contribution in [1.82, 2.24) is 14.8 Å². The molecule has 1 atom stereocenters. The van der Waals surface area contributed by atoms with Crippen molar-refractivity contribution in [3.05, 3.63) is 41.5 Å². The van der Waals surface area contributed by atoms with Gasteiger partial charge in [-0.15, -0.1) is 10.2 Å². The first-order chi connectivity index (χ1) is 13.9. The van der Waals surface area contributed by atoms with Crippen LogP contribution in [0.5, 0.6) is 0 Å². The predicted octanol–water partition coefficient (Wildman–Crippen LogP) is 4.41. The van der Waals surface area contributed by atoms with E-state index in [1.807, 2.05) is 24.3 Å². The number of hydrogen-bond donors (Lipinski definition) is 0. The summed E-state index contributed by atoms with van der Waals surface area (Å²) < 4.78 is 67.8. The van der Waals surface area contributed by atoms with Crippen molar-refractivity contribution in [2.75, 3.05) is 13.2 Å². The molecule has 1 saturated carbocycles. The van der Waals surface area contributed by atoms with Gasteiger partial charge in [-0.05, 0) is 37.3 Å². The molecule has 3 heterocycles. The van der Waals surface area contributed by atoms with Crippen LogP contribution in [-0.4, -0.2) is 39.9 Å². The van der Waals surface area contributed by atoms with Gasteiger partial charge in [-0.3, -0.25) is 4.57 Å². The maximum atomic E-state index is 15.6. The zero-order valence-corrected chi connectivity index (χ0v) is 15.7. The molecule has 2 aromatic rings. The van der Waals surface area contributed by atoms with Crippen molar-refractivity contribution >= 4 is 0 Å². The van der Waals surface area contributed by atoms with Crippen LogP contribution in [0.4, 0.5) is 17.6 Å². The lowest BCUT2D eigenvalue weighted by atomic mass is 9.81. The summed E-state index contributed by atoms with van der Waals surface area (Å²) in [5.74, 6) is -2.32. The second-order valence-electron chi connectivity index (χ2n) is 8.02. The molecule has 0 radical (unpaired) electrons. The molecular formula is C20H21F4N3O2.